The molecule has 1 aromatic carbocycles. The number of nitrogens with zero attached hydrogens (tertiary/aromatic N) is 1. The normalized spacial score (nSPS) is 18.9. The van der Waals surface area contributed by atoms with Crippen molar-refractivity contribution in [2.45, 2.75) is 31.8 Å². The predicted octanol–water partition coefficient (Wildman–Crippen LogP) is 1.43. The van der Waals surface area contributed by atoms with E-state index in [0.29, 0.717) is 19.5 Å². The van der Waals surface area contributed by atoms with E-state index in [1.807, 2.05) is 30.3 Å². The number of hydrogen-bond donors (Lipinski definition) is 2. The lowest BCUT2D eigenvalue weighted by Crippen LogP contribution is -2.43. The van der Waals surface area contributed by atoms with Gasteiger partial charge in [-0.2, -0.15) is 12.7 Å². The van der Waals surface area contributed by atoms with Crippen molar-refractivity contribution in [1.82, 2.24) is 9.03 Å². The minimum atomic E-state index is -3.39. The number of piperidine rings is 1. The Bertz CT molecular complexity index is 498. The van der Waals surface area contributed by atoms with Crippen LogP contribution in [0.5, 0.6) is 0 Å². The molecule has 1 aliphatic rings. The Morgan fingerprint density at radius 1 is 1.15 bits per heavy atom. The van der Waals surface area contributed by atoms with Gasteiger partial charge in [-0.1, -0.05) is 36.8 Å². The van der Waals surface area contributed by atoms with Crippen LogP contribution in [0.25, 0.3) is 0 Å². The van der Waals surface area contributed by atoms with Gasteiger partial charge in [0.25, 0.3) is 10.2 Å². The van der Waals surface area contributed by atoms with E-state index in [4.69, 9.17) is 0 Å². The quantitative estimate of drug-likeness (QED) is 0.835. The van der Waals surface area contributed by atoms with E-state index in [1.54, 1.807) is 0 Å². The van der Waals surface area contributed by atoms with Gasteiger partial charge >= 0.3 is 0 Å². The smallest absolute Gasteiger partial charge is 0.279 e. The van der Waals surface area contributed by atoms with Crippen LogP contribution in [0.15, 0.2) is 30.3 Å². The zero-order valence-corrected chi connectivity index (χ0v) is 12.3. The maximum absolute atomic E-state index is 12.0. The molecular weight excluding hydrogens is 276 g/mol. The summed E-state index contributed by atoms with van der Waals surface area (Å²) in [7, 11) is -3.39. The molecule has 20 heavy (non-hydrogen) atoms. The Labute approximate surface area is 120 Å². The van der Waals surface area contributed by atoms with Crippen molar-refractivity contribution in [1.29, 1.82) is 0 Å². The summed E-state index contributed by atoms with van der Waals surface area (Å²) in [4.78, 5) is 0. The molecule has 0 aromatic heterocycles. The Hall–Kier alpha value is -0.950. The van der Waals surface area contributed by atoms with E-state index in [2.05, 4.69) is 4.72 Å². The lowest BCUT2D eigenvalue weighted by molar-refractivity contribution is 0.168. The molecule has 5 nitrogen and oxygen atoms in total. The van der Waals surface area contributed by atoms with E-state index in [9.17, 15) is 13.5 Å². The molecule has 0 amide bonds. The number of aliphatic hydroxyl groups excluding tert-OH is 1. The van der Waals surface area contributed by atoms with Crippen molar-refractivity contribution < 1.29 is 13.5 Å². The van der Waals surface area contributed by atoms with Gasteiger partial charge in [0.15, 0.2) is 0 Å². The summed E-state index contributed by atoms with van der Waals surface area (Å²) >= 11 is 0. The summed E-state index contributed by atoms with van der Waals surface area (Å²) in [6.07, 6.45) is 2.68. The van der Waals surface area contributed by atoms with Crippen molar-refractivity contribution in [3.63, 3.8) is 0 Å². The maximum Gasteiger partial charge on any atom is 0.279 e. The third-order valence-electron chi connectivity index (χ3n) is 3.54. The molecular formula is C14H22N2O3S. The molecule has 0 aliphatic carbocycles. The van der Waals surface area contributed by atoms with Gasteiger partial charge in [0.2, 0.25) is 0 Å². The number of rotatable bonds is 6. The Kier molecular flexibility index (Phi) is 5.54. The largest absolute Gasteiger partial charge is 0.388 e. The fraction of sp³-hybridized carbons (Fsp3) is 0.571. The molecule has 0 bridgehead atoms. The summed E-state index contributed by atoms with van der Waals surface area (Å²) in [6, 6.07) is 9.27. The average molecular weight is 298 g/mol. The minimum absolute atomic E-state index is 0.245. The van der Waals surface area contributed by atoms with Gasteiger partial charge in [0, 0.05) is 19.6 Å². The van der Waals surface area contributed by atoms with Crippen LogP contribution in [0, 0.1) is 0 Å². The van der Waals surface area contributed by atoms with E-state index >= 15 is 0 Å². The molecule has 1 fully saturated rings. The summed E-state index contributed by atoms with van der Waals surface area (Å²) in [6.45, 7) is 1.43. The summed E-state index contributed by atoms with van der Waals surface area (Å²) in [5.41, 5.74) is 0.810. The first kappa shape index (κ1) is 15.4. The van der Waals surface area contributed by atoms with Gasteiger partial charge in [-0.3, -0.25) is 0 Å². The molecule has 2 rings (SSSR count). The first-order valence-corrected chi connectivity index (χ1v) is 8.51. The molecule has 1 aliphatic heterocycles. The van der Waals surface area contributed by atoms with Gasteiger partial charge in [0.1, 0.15) is 0 Å². The highest BCUT2D eigenvalue weighted by Crippen LogP contribution is 2.16. The van der Waals surface area contributed by atoms with Crippen LogP contribution in [0.4, 0.5) is 0 Å². The fourth-order valence-corrected chi connectivity index (χ4v) is 3.66. The van der Waals surface area contributed by atoms with Crippen LogP contribution >= 0.6 is 0 Å². The second-order valence-corrected chi connectivity index (χ2v) is 6.83. The zero-order chi connectivity index (χ0) is 14.4. The fourth-order valence-electron chi connectivity index (χ4n) is 2.36. The molecule has 1 heterocycles. The molecule has 1 atom stereocenters. The molecule has 1 saturated heterocycles. The van der Waals surface area contributed by atoms with Crippen LogP contribution in [0.1, 0.15) is 37.4 Å². The molecule has 0 spiro atoms. The van der Waals surface area contributed by atoms with Crippen LogP contribution in [-0.2, 0) is 10.2 Å². The summed E-state index contributed by atoms with van der Waals surface area (Å²) < 4.78 is 28.1. The summed E-state index contributed by atoms with van der Waals surface area (Å²) in [5, 5.41) is 9.98. The zero-order valence-electron chi connectivity index (χ0n) is 11.5. The molecule has 112 valence electrons. The van der Waals surface area contributed by atoms with Gasteiger partial charge < -0.3 is 5.11 Å². The van der Waals surface area contributed by atoms with Gasteiger partial charge in [-0.05, 0) is 24.8 Å². The monoisotopic (exact) mass is 298 g/mol. The number of benzene rings is 1. The second kappa shape index (κ2) is 7.17. The Morgan fingerprint density at radius 2 is 1.80 bits per heavy atom. The van der Waals surface area contributed by atoms with Crippen molar-refractivity contribution in [2.24, 2.45) is 0 Å². The predicted molar refractivity (Wildman–Crippen MR) is 78.4 cm³/mol. The molecule has 6 heteroatoms. The topological polar surface area (TPSA) is 69.6 Å². The number of aliphatic hydroxyl groups is 1. The SMILES string of the molecule is O=S(=O)(NCCC(O)c1ccccc1)N1CCCCC1. The molecule has 0 radical (unpaired) electrons. The minimum Gasteiger partial charge on any atom is -0.388 e. The molecule has 1 unspecified atom stereocenters. The van der Waals surface area contributed by atoms with Crippen molar-refractivity contribution >= 4 is 10.2 Å². The molecule has 1 aromatic rings. The lowest BCUT2D eigenvalue weighted by Gasteiger charge is -2.26. The van der Waals surface area contributed by atoms with Crippen LogP contribution < -0.4 is 4.72 Å². The Balaban J connectivity index is 1.80. The second-order valence-electron chi connectivity index (χ2n) is 5.07. The first-order valence-electron chi connectivity index (χ1n) is 7.07. The van der Waals surface area contributed by atoms with Gasteiger partial charge in [0.05, 0.1) is 6.10 Å². The van der Waals surface area contributed by atoms with E-state index < -0.39 is 16.3 Å². The average Bonchev–Trinajstić information content (AvgIpc) is 2.49. The van der Waals surface area contributed by atoms with E-state index in [-0.39, 0.29) is 6.54 Å². The molecule has 0 saturated carbocycles. The van der Waals surface area contributed by atoms with Crippen LogP contribution in [0.3, 0.4) is 0 Å². The standard InChI is InChI=1S/C14H22N2O3S/c17-14(13-7-3-1-4-8-13)9-10-15-20(18,19)16-11-5-2-6-12-16/h1,3-4,7-8,14-15,17H,2,5-6,9-12H2. The van der Waals surface area contributed by atoms with Gasteiger partial charge in [-0.25, -0.2) is 4.72 Å². The summed E-state index contributed by atoms with van der Waals surface area (Å²) in [5.74, 6) is 0. The molecule has 2 N–H and O–H groups in total. The van der Waals surface area contributed by atoms with Gasteiger partial charge in [-0.15, -0.1) is 0 Å². The van der Waals surface area contributed by atoms with Crippen molar-refractivity contribution in [2.75, 3.05) is 19.6 Å². The first-order chi connectivity index (χ1) is 9.59. The number of nitrogens with one attached hydrogen (secondary N) is 1. The Morgan fingerprint density at radius 3 is 2.45 bits per heavy atom. The highest BCUT2D eigenvalue weighted by atomic mass is 32.2. The van der Waals surface area contributed by atoms with Crippen molar-refractivity contribution in [3.05, 3.63) is 35.9 Å². The highest BCUT2D eigenvalue weighted by Gasteiger charge is 2.23. The third kappa shape index (κ3) is 4.28. The number of hydrogen-bond acceptors (Lipinski definition) is 3. The third-order valence-corrected chi connectivity index (χ3v) is 5.16. The van der Waals surface area contributed by atoms with E-state index in [1.165, 1.54) is 4.31 Å². The van der Waals surface area contributed by atoms with Crippen LogP contribution in [-0.4, -0.2) is 37.5 Å². The van der Waals surface area contributed by atoms with Crippen LogP contribution in [0.2, 0.25) is 0 Å². The highest BCUT2D eigenvalue weighted by molar-refractivity contribution is 7.87. The lowest BCUT2D eigenvalue weighted by atomic mass is 10.1. The van der Waals surface area contributed by atoms with Crippen molar-refractivity contribution in [3.8, 4) is 0 Å². The maximum atomic E-state index is 12.0. The van der Waals surface area contributed by atoms with E-state index in [0.717, 1.165) is 24.8 Å².